The Morgan fingerprint density at radius 1 is 1.00 bits per heavy atom. The number of aliphatic hydroxyl groups excluding tert-OH is 1. The summed E-state index contributed by atoms with van der Waals surface area (Å²) in [6.07, 6.45) is 7.90. The molecule has 0 radical (unpaired) electrons. The van der Waals surface area contributed by atoms with Gasteiger partial charge in [-0.1, -0.05) is 46.2 Å². The minimum Gasteiger partial charge on any atom is -0.392 e. The van der Waals surface area contributed by atoms with Crippen LogP contribution in [0.15, 0.2) is 18.2 Å². The maximum Gasteiger partial charge on any atom is 0.0682 e. The van der Waals surface area contributed by atoms with Crippen LogP contribution < -0.4 is 4.90 Å². The molecule has 1 N–H and O–H groups in total. The fourth-order valence-corrected chi connectivity index (χ4v) is 5.17. The van der Waals surface area contributed by atoms with E-state index in [1.165, 1.54) is 69.4 Å². The Balaban J connectivity index is 1.71. The number of anilines is 1. The normalized spacial score (nSPS) is 24.5. The lowest BCUT2D eigenvalue weighted by atomic mass is 9.68. The molecule has 2 aliphatic rings. The van der Waals surface area contributed by atoms with Crippen molar-refractivity contribution in [2.24, 2.45) is 11.3 Å². The van der Waals surface area contributed by atoms with E-state index >= 15 is 0 Å². The van der Waals surface area contributed by atoms with Crippen LogP contribution in [0.5, 0.6) is 0 Å². The molecule has 2 fully saturated rings. The first kappa shape index (κ1) is 21.6. The molecular weight excluding hydrogens is 344 g/mol. The molecule has 1 aliphatic heterocycles. The Hall–Kier alpha value is -1.06. The number of unbranched alkanes of at least 4 members (excludes halogenated alkanes) is 1. The van der Waals surface area contributed by atoms with E-state index in [9.17, 15) is 5.11 Å². The predicted octanol–water partition coefficient (Wildman–Crippen LogP) is 5.42. The zero-order valence-corrected chi connectivity index (χ0v) is 18.7. The summed E-state index contributed by atoms with van der Waals surface area (Å²) in [5.74, 6) is 1.53. The molecule has 3 nitrogen and oxygen atoms in total. The molecule has 0 atom stereocenters. The highest BCUT2D eigenvalue weighted by atomic mass is 16.3. The number of piperazine rings is 1. The second-order valence-electron chi connectivity index (χ2n) is 10.1. The smallest absolute Gasteiger partial charge is 0.0682 e. The molecule has 1 saturated heterocycles. The van der Waals surface area contributed by atoms with Gasteiger partial charge in [0.2, 0.25) is 0 Å². The Labute approximate surface area is 173 Å². The zero-order chi connectivity index (χ0) is 20.1. The zero-order valence-electron chi connectivity index (χ0n) is 18.7. The fourth-order valence-electron chi connectivity index (χ4n) is 5.17. The highest BCUT2D eigenvalue weighted by Gasteiger charge is 2.32. The van der Waals surface area contributed by atoms with E-state index in [2.05, 4.69) is 55.7 Å². The molecule has 1 aromatic carbocycles. The minimum absolute atomic E-state index is 0.139. The van der Waals surface area contributed by atoms with E-state index in [0.29, 0.717) is 11.3 Å². The maximum atomic E-state index is 9.70. The second-order valence-corrected chi connectivity index (χ2v) is 10.1. The van der Waals surface area contributed by atoms with Gasteiger partial charge < -0.3 is 10.0 Å². The molecule has 158 valence electrons. The van der Waals surface area contributed by atoms with Crippen molar-refractivity contribution >= 4 is 5.69 Å². The number of nitrogens with zero attached hydrogens (tertiary/aromatic N) is 2. The van der Waals surface area contributed by atoms with E-state index in [0.717, 1.165) is 24.6 Å². The van der Waals surface area contributed by atoms with Crippen LogP contribution in [0.2, 0.25) is 0 Å². The molecule has 0 bridgehead atoms. The molecule has 1 aliphatic carbocycles. The molecule has 3 heteroatoms. The van der Waals surface area contributed by atoms with Crippen molar-refractivity contribution in [3.05, 3.63) is 29.3 Å². The molecule has 28 heavy (non-hydrogen) atoms. The van der Waals surface area contributed by atoms with Crippen molar-refractivity contribution in [1.82, 2.24) is 4.90 Å². The average molecular weight is 387 g/mol. The van der Waals surface area contributed by atoms with Gasteiger partial charge in [-0.3, -0.25) is 4.90 Å². The summed E-state index contributed by atoms with van der Waals surface area (Å²) in [6, 6.07) is 6.74. The molecule has 1 saturated carbocycles. The number of aliphatic hydroxyl groups is 1. The molecule has 1 heterocycles. The largest absolute Gasteiger partial charge is 0.392 e. The van der Waals surface area contributed by atoms with Crippen molar-refractivity contribution in [1.29, 1.82) is 0 Å². The third-order valence-electron chi connectivity index (χ3n) is 7.21. The van der Waals surface area contributed by atoms with Gasteiger partial charge in [-0.05, 0) is 73.1 Å². The van der Waals surface area contributed by atoms with Gasteiger partial charge in [0.1, 0.15) is 0 Å². The fraction of sp³-hybridized carbons (Fsp3) is 0.760. The molecule has 0 amide bonds. The quantitative estimate of drug-likeness (QED) is 0.707. The molecule has 0 unspecified atom stereocenters. The number of rotatable bonds is 6. The summed E-state index contributed by atoms with van der Waals surface area (Å²) in [7, 11) is 0. The standard InChI is InChI=1S/C25H42N2O/c1-5-6-13-26-14-16-27(17-15-26)24-18-20(19-28)7-12-23(24)21-8-10-22(11-9-21)25(2,3)4/h7,12,18,21-22,28H,5-6,8-11,13-17,19H2,1-4H3. The Bertz CT molecular complexity index is 605. The number of hydrogen-bond acceptors (Lipinski definition) is 3. The van der Waals surface area contributed by atoms with Gasteiger partial charge in [-0.25, -0.2) is 0 Å². The summed E-state index contributed by atoms with van der Waals surface area (Å²) < 4.78 is 0. The summed E-state index contributed by atoms with van der Waals surface area (Å²) in [6.45, 7) is 15.4. The van der Waals surface area contributed by atoms with Crippen LogP contribution in [0, 0.1) is 11.3 Å². The van der Waals surface area contributed by atoms with Gasteiger partial charge in [0.15, 0.2) is 0 Å². The Morgan fingerprint density at radius 3 is 2.25 bits per heavy atom. The molecule has 0 aromatic heterocycles. The first-order chi connectivity index (χ1) is 13.4. The summed E-state index contributed by atoms with van der Waals surface area (Å²) >= 11 is 0. The Morgan fingerprint density at radius 2 is 1.68 bits per heavy atom. The lowest BCUT2D eigenvalue weighted by Crippen LogP contribution is -2.47. The van der Waals surface area contributed by atoms with E-state index in [1.807, 2.05) is 0 Å². The van der Waals surface area contributed by atoms with E-state index in [4.69, 9.17) is 0 Å². The third kappa shape index (κ3) is 5.30. The average Bonchev–Trinajstić information content (AvgIpc) is 2.71. The monoisotopic (exact) mass is 386 g/mol. The van der Waals surface area contributed by atoms with Crippen molar-refractivity contribution in [2.45, 2.75) is 78.7 Å². The van der Waals surface area contributed by atoms with Crippen LogP contribution in [-0.2, 0) is 6.61 Å². The van der Waals surface area contributed by atoms with Crippen molar-refractivity contribution < 1.29 is 5.11 Å². The van der Waals surface area contributed by atoms with E-state index in [1.54, 1.807) is 0 Å². The summed E-state index contributed by atoms with van der Waals surface area (Å²) in [5.41, 5.74) is 4.42. The van der Waals surface area contributed by atoms with Crippen LogP contribution in [0.1, 0.15) is 83.3 Å². The topological polar surface area (TPSA) is 26.7 Å². The van der Waals surface area contributed by atoms with Crippen molar-refractivity contribution in [3.63, 3.8) is 0 Å². The summed E-state index contributed by atoms with van der Waals surface area (Å²) in [4.78, 5) is 5.21. The van der Waals surface area contributed by atoms with Gasteiger partial charge in [0.25, 0.3) is 0 Å². The second kappa shape index (κ2) is 9.63. The minimum atomic E-state index is 0.139. The van der Waals surface area contributed by atoms with E-state index < -0.39 is 0 Å². The maximum absolute atomic E-state index is 9.70. The van der Waals surface area contributed by atoms with Crippen molar-refractivity contribution in [3.8, 4) is 0 Å². The lowest BCUT2D eigenvalue weighted by Gasteiger charge is -2.40. The molecule has 0 spiro atoms. The lowest BCUT2D eigenvalue weighted by molar-refractivity contribution is 0.169. The van der Waals surface area contributed by atoms with Crippen LogP contribution in [0.4, 0.5) is 5.69 Å². The molecule has 3 rings (SSSR count). The highest BCUT2D eigenvalue weighted by Crippen LogP contribution is 2.45. The number of benzene rings is 1. The summed E-state index contributed by atoms with van der Waals surface area (Å²) in [5, 5.41) is 9.70. The van der Waals surface area contributed by atoms with Gasteiger partial charge in [-0.2, -0.15) is 0 Å². The van der Waals surface area contributed by atoms with E-state index in [-0.39, 0.29) is 6.61 Å². The molecular formula is C25H42N2O. The van der Waals surface area contributed by atoms with Gasteiger partial charge >= 0.3 is 0 Å². The third-order valence-corrected chi connectivity index (χ3v) is 7.21. The predicted molar refractivity (Wildman–Crippen MR) is 120 cm³/mol. The highest BCUT2D eigenvalue weighted by molar-refractivity contribution is 5.57. The first-order valence-corrected chi connectivity index (χ1v) is 11.6. The molecule has 1 aromatic rings. The van der Waals surface area contributed by atoms with Gasteiger partial charge in [0.05, 0.1) is 6.61 Å². The van der Waals surface area contributed by atoms with Gasteiger partial charge in [0, 0.05) is 31.9 Å². The van der Waals surface area contributed by atoms with Crippen LogP contribution in [-0.4, -0.2) is 42.7 Å². The van der Waals surface area contributed by atoms with Crippen LogP contribution in [0.3, 0.4) is 0 Å². The Kier molecular flexibility index (Phi) is 7.44. The van der Waals surface area contributed by atoms with Gasteiger partial charge in [-0.15, -0.1) is 0 Å². The first-order valence-electron chi connectivity index (χ1n) is 11.6. The van der Waals surface area contributed by atoms with Crippen LogP contribution >= 0.6 is 0 Å². The number of hydrogen-bond donors (Lipinski definition) is 1. The SMILES string of the molecule is CCCCN1CCN(c2cc(CO)ccc2C2CCC(C(C)(C)C)CC2)CC1. The van der Waals surface area contributed by atoms with Crippen molar-refractivity contribution in [2.75, 3.05) is 37.6 Å². The van der Waals surface area contributed by atoms with Crippen LogP contribution in [0.25, 0.3) is 0 Å².